The lowest BCUT2D eigenvalue weighted by atomic mass is 9.81. The van der Waals surface area contributed by atoms with E-state index in [9.17, 15) is 5.11 Å². The zero-order chi connectivity index (χ0) is 11.1. The molecule has 0 aromatic carbocycles. The van der Waals surface area contributed by atoms with Gasteiger partial charge in [0.05, 0.1) is 6.10 Å². The summed E-state index contributed by atoms with van der Waals surface area (Å²) in [5.74, 6) is 0. The average molecular weight is 214 g/mol. The third-order valence-corrected chi connectivity index (χ3v) is 3.57. The minimum atomic E-state index is 0.146. The van der Waals surface area contributed by atoms with Crippen molar-refractivity contribution in [2.75, 3.05) is 13.2 Å². The van der Waals surface area contributed by atoms with Crippen molar-refractivity contribution in [2.45, 2.75) is 64.9 Å². The maximum atomic E-state index is 9.38. The van der Waals surface area contributed by atoms with Crippen LogP contribution < -0.4 is 0 Å². The molecule has 2 heteroatoms. The average Bonchev–Trinajstić information content (AvgIpc) is 2.71. The van der Waals surface area contributed by atoms with Crippen LogP contribution in [0.5, 0.6) is 0 Å². The van der Waals surface area contributed by atoms with Gasteiger partial charge in [-0.3, -0.25) is 0 Å². The summed E-state index contributed by atoms with van der Waals surface area (Å²) >= 11 is 0. The van der Waals surface area contributed by atoms with Gasteiger partial charge in [0.2, 0.25) is 0 Å². The van der Waals surface area contributed by atoms with Gasteiger partial charge in [0, 0.05) is 13.2 Å². The summed E-state index contributed by atoms with van der Waals surface area (Å²) in [4.78, 5) is 0. The van der Waals surface area contributed by atoms with Gasteiger partial charge >= 0.3 is 0 Å². The highest BCUT2D eigenvalue weighted by Crippen LogP contribution is 2.30. The Labute approximate surface area is 94.0 Å². The van der Waals surface area contributed by atoms with Gasteiger partial charge in [0.15, 0.2) is 0 Å². The molecule has 90 valence electrons. The summed E-state index contributed by atoms with van der Waals surface area (Å²) in [7, 11) is 0. The second-order valence-corrected chi connectivity index (χ2v) is 5.25. The Morgan fingerprint density at radius 3 is 2.73 bits per heavy atom. The molecule has 0 spiro atoms. The van der Waals surface area contributed by atoms with E-state index in [4.69, 9.17) is 4.74 Å². The lowest BCUT2D eigenvalue weighted by Crippen LogP contribution is -2.21. The lowest BCUT2D eigenvalue weighted by Gasteiger charge is -2.27. The first kappa shape index (κ1) is 13.0. The van der Waals surface area contributed by atoms with Crippen molar-refractivity contribution >= 4 is 0 Å². The van der Waals surface area contributed by atoms with Gasteiger partial charge in [-0.1, -0.05) is 26.7 Å². The van der Waals surface area contributed by atoms with Crippen LogP contribution in [0.4, 0.5) is 0 Å². The topological polar surface area (TPSA) is 29.5 Å². The van der Waals surface area contributed by atoms with Crippen molar-refractivity contribution in [1.29, 1.82) is 0 Å². The van der Waals surface area contributed by atoms with Crippen molar-refractivity contribution in [1.82, 2.24) is 0 Å². The number of hydrogen-bond donors (Lipinski definition) is 1. The van der Waals surface area contributed by atoms with Crippen LogP contribution in [0, 0.1) is 5.41 Å². The summed E-state index contributed by atoms with van der Waals surface area (Å²) in [6.07, 6.45) is 8.79. The molecule has 0 aliphatic carbocycles. The number of rotatable bonds is 7. The fourth-order valence-corrected chi connectivity index (χ4v) is 2.52. The Balaban J connectivity index is 2.15. The highest BCUT2D eigenvalue weighted by atomic mass is 16.5. The van der Waals surface area contributed by atoms with E-state index >= 15 is 0 Å². The maximum Gasteiger partial charge on any atom is 0.0576 e. The normalized spacial score (nSPS) is 25.4. The lowest BCUT2D eigenvalue weighted by molar-refractivity contribution is 0.0858. The molecule has 0 amide bonds. The van der Waals surface area contributed by atoms with Gasteiger partial charge in [0.1, 0.15) is 0 Å². The van der Waals surface area contributed by atoms with Crippen LogP contribution >= 0.6 is 0 Å². The molecule has 1 rings (SSSR count). The number of aliphatic hydroxyl groups is 1. The molecule has 0 bridgehead atoms. The van der Waals surface area contributed by atoms with E-state index in [2.05, 4.69) is 13.8 Å². The molecule has 0 saturated carbocycles. The van der Waals surface area contributed by atoms with Crippen LogP contribution in [0.2, 0.25) is 0 Å². The molecule has 1 fully saturated rings. The van der Waals surface area contributed by atoms with E-state index in [0.717, 1.165) is 25.9 Å². The Hall–Kier alpha value is -0.0800. The monoisotopic (exact) mass is 214 g/mol. The number of ether oxygens (including phenoxy) is 1. The molecule has 0 aromatic heterocycles. The first-order valence-electron chi connectivity index (χ1n) is 6.42. The van der Waals surface area contributed by atoms with Gasteiger partial charge in [-0.2, -0.15) is 0 Å². The molecular formula is C13H26O2. The highest BCUT2D eigenvalue weighted by molar-refractivity contribution is 4.74. The highest BCUT2D eigenvalue weighted by Gasteiger charge is 2.23. The van der Waals surface area contributed by atoms with E-state index < -0.39 is 0 Å². The van der Waals surface area contributed by atoms with Crippen LogP contribution in [0.3, 0.4) is 0 Å². The van der Waals surface area contributed by atoms with Crippen molar-refractivity contribution in [3.8, 4) is 0 Å². The Morgan fingerprint density at radius 1 is 1.40 bits per heavy atom. The van der Waals surface area contributed by atoms with E-state index in [0.29, 0.717) is 12.7 Å². The predicted octanol–water partition coefficient (Wildman–Crippen LogP) is 3.13. The predicted molar refractivity (Wildman–Crippen MR) is 62.9 cm³/mol. The first-order valence-corrected chi connectivity index (χ1v) is 6.42. The van der Waals surface area contributed by atoms with E-state index in [-0.39, 0.29) is 5.41 Å². The van der Waals surface area contributed by atoms with Crippen LogP contribution in [0.15, 0.2) is 0 Å². The largest absolute Gasteiger partial charge is 0.396 e. The Bertz CT molecular complexity index is 164. The SMILES string of the molecule is CCCC(C)(CO)CCCC1CCCO1. The number of hydrogen-bond acceptors (Lipinski definition) is 2. The fourth-order valence-electron chi connectivity index (χ4n) is 2.52. The molecule has 15 heavy (non-hydrogen) atoms. The van der Waals surface area contributed by atoms with Gasteiger partial charge in [0.25, 0.3) is 0 Å². The summed E-state index contributed by atoms with van der Waals surface area (Å²) in [5, 5.41) is 9.38. The van der Waals surface area contributed by atoms with E-state index in [1.165, 1.54) is 25.7 Å². The fraction of sp³-hybridized carbons (Fsp3) is 1.00. The maximum absolute atomic E-state index is 9.38. The number of aliphatic hydroxyl groups excluding tert-OH is 1. The molecule has 0 radical (unpaired) electrons. The standard InChI is InChI=1S/C13H26O2/c1-3-8-13(2,11-14)9-4-6-12-7-5-10-15-12/h12,14H,3-11H2,1-2H3. The van der Waals surface area contributed by atoms with Crippen molar-refractivity contribution < 1.29 is 9.84 Å². The quantitative estimate of drug-likeness (QED) is 0.705. The minimum absolute atomic E-state index is 0.146. The third kappa shape index (κ3) is 4.52. The molecule has 1 N–H and O–H groups in total. The summed E-state index contributed by atoms with van der Waals surface area (Å²) in [6, 6.07) is 0. The molecule has 1 heterocycles. The van der Waals surface area contributed by atoms with Crippen molar-refractivity contribution in [2.24, 2.45) is 5.41 Å². The van der Waals surface area contributed by atoms with Crippen molar-refractivity contribution in [3.05, 3.63) is 0 Å². The molecule has 2 nitrogen and oxygen atoms in total. The van der Waals surface area contributed by atoms with Gasteiger partial charge < -0.3 is 9.84 Å². The Morgan fingerprint density at radius 2 is 2.20 bits per heavy atom. The van der Waals surface area contributed by atoms with E-state index in [1.54, 1.807) is 0 Å². The Kier molecular flexibility index (Phi) is 5.62. The second-order valence-electron chi connectivity index (χ2n) is 5.25. The van der Waals surface area contributed by atoms with Crippen LogP contribution in [0.25, 0.3) is 0 Å². The molecule has 2 atom stereocenters. The molecule has 1 aliphatic rings. The zero-order valence-electron chi connectivity index (χ0n) is 10.3. The molecule has 0 aromatic rings. The van der Waals surface area contributed by atoms with Crippen LogP contribution in [-0.2, 0) is 4.74 Å². The second kappa shape index (κ2) is 6.49. The van der Waals surface area contributed by atoms with E-state index in [1.807, 2.05) is 0 Å². The third-order valence-electron chi connectivity index (χ3n) is 3.57. The molecule has 1 aliphatic heterocycles. The van der Waals surface area contributed by atoms with Gasteiger partial charge in [-0.15, -0.1) is 0 Å². The van der Waals surface area contributed by atoms with Gasteiger partial charge in [-0.25, -0.2) is 0 Å². The minimum Gasteiger partial charge on any atom is -0.396 e. The summed E-state index contributed by atoms with van der Waals surface area (Å²) < 4.78 is 5.60. The van der Waals surface area contributed by atoms with Gasteiger partial charge in [-0.05, 0) is 37.5 Å². The summed E-state index contributed by atoms with van der Waals surface area (Å²) in [5.41, 5.74) is 0.146. The zero-order valence-corrected chi connectivity index (χ0v) is 10.3. The van der Waals surface area contributed by atoms with Crippen LogP contribution in [-0.4, -0.2) is 24.4 Å². The molecule has 1 saturated heterocycles. The summed E-state index contributed by atoms with van der Waals surface area (Å²) in [6.45, 7) is 5.67. The van der Waals surface area contributed by atoms with Crippen LogP contribution in [0.1, 0.15) is 58.8 Å². The smallest absolute Gasteiger partial charge is 0.0576 e. The first-order chi connectivity index (χ1) is 7.20. The molecule has 2 unspecified atom stereocenters. The van der Waals surface area contributed by atoms with Crippen molar-refractivity contribution in [3.63, 3.8) is 0 Å². The molecular weight excluding hydrogens is 188 g/mol.